The first-order valence-electron chi connectivity index (χ1n) is 10.8. The van der Waals surface area contributed by atoms with Gasteiger partial charge in [0.1, 0.15) is 11.6 Å². The number of Topliss-reactive ketones (excluding diaryl/α,β-unsaturated/α-hetero) is 1. The molecule has 3 heterocycles. The van der Waals surface area contributed by atoms with E-state index in [4.69, 9.17) is 9.72 Å². The number of aromatic nitrogens is 3. The molecule has 166 valence electrons. The van der Waals surface area contributed by atoms with E-state index < -0.39 is 11.9 Å². The molecule has 2 aromatic heterocycles. The molecule has 8 heteroatoms. The molecule has 31 heavy (non-hydrogen) atoms. The third kappa shape index (κ3) is 6.23. The number of hydrogen-bond acceptors (Lipinski definition) is 7. The zero-order valence-corrected chi connectivity index (χ0v) is 18.2. The quantitative estimate of drug-likeness (QED) is 0.525. The van der Waals surface area contributed by atoms with Crippen LogP contribution in [0.3, 0.4) is 0 Å². The second-order valence-corrected chi connectivity index (χ2v) is 7.97. The highest BCUT2D eigenvalue weighted by molar-refractivity contribution is 5.80. The average Bonchev–Trinajstić information content (AvgIpc) is 2.77. The highest BCUT2D eigenvalue weighted by atomic mass is 16.5. The normalized spacial score (nSPS) is 13.7. The van der Waals surface area contributed by atoms with Crippen LogP contribution in [0.2, 0.25) is 0 Å². The van der Waals surface area contributed by atoms with Crippen LogP contribution in [0.4, 0.5) is 5.82 Å². The molecule has 0 fully saturated rings. The highest BCUT2D eigenvalue weighted by Crippen LogP contribution is 2.24. The summed E-state index contributed by atoms with van der Waals surface area (Å²) in [5.74, 6) is -0.698. The molecule has 2 aromatic rings. The Hall–Kier alpha value is -3.03. The SMILES string of the molecule is COc1ncc([C@H](CCC(=O)CCCCc2nc3c(cc2C)CCCN3)C(=O)O)cn1. The van der Waals surface area contributed by atoms with E-state index in [-0.39, 0.29) is 24.6 Å². The number of pyridine rings is 1. The van der Waals surface area contributed by atoms with Gasteiger partial charge in [-0.15, -0.1) is 0 Å². The maximum absolute atomic E-state index is 12.3. The number of hydrogen-bond donors (Lipinski definition) is 2. The Labute approximate surface area is 182 Å². The van der Waals surface area contributed by atoms with Crippen molar-refractivity contribution < 1.29 is 19.4 Å². The zero-order chi connectivity index (χ0) is 22.2. The summed E-state index contributed by atoms with van der Waals surface area (Å²) in [6, 6.07) is 2.41. The predicted octanol–water partition coefficient (Wildman–Crippen LogP) is 3.48. The Morgan fingerprint density at radius 2 is 2.00 bits per heavy atom. The van der Waals surface area contributed by atoms with Crippen LogP contribution in [0.1, 0.15) is 66.8 Å². The van der Waals surface area contributed by atoms with Crippen LogP contribution >= 0.6 is 0 Å². The molecule has 1 atom stereocenters. The Kier molecular flexibility index (Phi) is 7.92. The third-order valence-electron chi connectivity index (χ3n) is 5.67. The number of carbonyl (C=O) groups excluding carboxylic acids is 1. The van der Waals surface area contributed by atoms with E-state index in [1.807, 2.05) is 0 Å². The van der Waals surface area contributed by atoms with E-state index >= 15 is 0 Å². The molecule has 0 radical (unpaired) electrons. The van der Waals surface area contributed by atoms with Gasteiger partial charge >= 0.3 is 12.0 Å². The lowest BCUT2D eigenvalue weighted by atomic mass is 9.94. The van der Waals surface area contributed by atoms with Gasteiger partial charge in [-0.05, 0) is 56.6 Å². The van der Waals surface area contributed by atoms with E-state index in [1.165, 1.54) is 30.6 Å². The lowest BCUT2D eigenvalue weighted by Gasteiger charge is -2.19. The lowest BCUT2D eigenvalue weighted by molar-refractivity contribution is -0.139. The summed E-state index contributed by atoms with van der Waals surface area (Å²) < 4.78 is 4.90. The minimum atomic E-state index is -0.982. The Bertz CT molecular complexity index is 915. The van der Waals surface area contributed by atoms with Crippen molar-refractivity contribution >= 4 is 17.6 Å². The number of carboxylic acid groups (broad SMARTS) is 1. The number of aryl methyl sites for hydroxylation is 3. The van der Waals surface area contributed by atoms with E-state index in [9.17, 15) is 14.7 Å². The summed E-state index contributed by atoms with van der Waals surface area (Å²) in [6.45, 7) is 3.06. The van der Waals surface area contributed by atoms with Gasteiger partial charge in [0.05, 0.1) is 13.0 Å². The summed E-state index contributed by atoms with van der Waals surface area (Å²) in [6.07, 6.45) is 8.51. The minimum absolute atomic E-state index is 0.0810. The summed E-state index contributed by atoms with van der Waals surface area (Å²) in [5.41, 5.74) is 4.06. The van der Waals surface area contributed by atoms with Gasteiger partial charge in [0, 0.05) is 43.0 Å². The maximum atomic E-state index is 12.3. The van der Waals surface area contributed by atoms with E-state index in [2.05, 4.69) is 28.3 Å². The van der Waals surface area contributed by atoms with Crippen LogP contribution in [0.25, 0.3) is 0 Å². The Morgan fingerprint density at radius 1 is 1.23 bits per heavy atom. The molecule has 0 unspecified atom stereocenters. The summed E-state index contributed by atoms with van der Waals surface area (Å²) in [5, 5.41) is 12.9. The zero-order valence-electron chi connectivity index (χ0n) is 18.2. The predicted molar refractivity (Wildman–Crippen MR) is 117 cm³/mol. The number of nitrogens with one attached hydrogen (secondary N) is 1. The van der Waals surface area contributed by atoms with E-state index in [0.29, 0.717) is 12.0 Å². The summed E-state index contributed by atoms with van der Waals surface area (Å²) in [4.78, 5) is 36.6. The molecule has 0 spiro atoms. The number of ketones is 1. The maximum Gasteiger partial charge on any atom is 0.316 e. The van der Waals surface area contributed by atoms with Crippen LogP contribution in [0.5, 0.6) is 6.01 Å². The molecule has 1 aliphatic heterocycles. The van der Waals surface area contributed by atoms with Crippen molar-refractivity contribution in [1.29, 1.82) is 0 Å². The number of aliphatic carboxylic acids is 1. The van der Waals surface area contributed by atoms with Gasteiger partial charge in [0.2, 0.25) is 0 Å². The van der Waals surface area contributed by atoms with Crippen LogP contribution in [0.15, 0.2) is 18.5 Å². The molecule has 2 N–H and O–H groups in total. The molecule has 8 nitrogen and oxygen atoms in total. The molecule has 3 rings (SSSR count). The second kappa shape index (κ2) is 10.8. The fourth-order valence-electron chi connectivity index (χ4n) is 3.88. The molecule has 0 saturated heterocycles. The Morgan fingerprint density at radius 3 is 2.71 bits per heavy atom. The molecule has 0 aromatic carbocycles. The van der Waals surface area contributed by atoms with Crippen molar-refractivity contribution in [1.82, 2.24) is 15.0 Å². The van der Waals surface area contributed by atoms with Crippen LogP contribution in [-0.2, 0) is 22.4 Å². The first-order valence-corrected chi connectivity index (χ1v) is 10.8. The van der Waals surface area contributed by atoms with E-state index in [1.54, 1.807) is 0 Å². The van der Waals surface area contributed by atoms with Crippen molar-refractivity contribution in [3.05, 3.63) is 40.8 Å². The molecule has 0 aliphatic carbocycles. The first-order chi connectivity index (χ1) is 15.0. The smallest absolute Gasteiger partial charge is 0.316 e. The standard InChI is InChI=1S/C23H30N4O4/c1-15-12-16-6-5-11-24-21(16)27-20(15)8-4-3-7-18(28)9-10-19(22(29)30)17-13-25-23(31-2)26-14-17/h12-14,19H,3-11H2,1-2H3,(H,24,27)(H,29,30)/t19-/m0/s1. The number of anilines is 1. The molecule has 0 amide bonds. The number of fused-ring (bicyclic) bond motifs is 1. The topological polar surface area (TPSA) is 114 Å². The van der Waals surface area contributed by atoms with Gasteiger partial charge in [0.15, 0.2) is 0 Å². The number of unbranched alkanes of at least 4 members (excludes halogenated alkanes) is 1. The fourth-order valence-corrected chi connectivity index (χ4v) is 3.88. The lowest BCUT2D eigenvalue weighted by Crippen LogP contribution is -2.15. The number of carbonyl (C=O) groups is 2. The molecule has 0 saturated carbocycles. The molecular weight excluding hydrogens is 396 g/mol. The van der Waals surface area contributed by atoms with Crippen molar-refractivity contribution in [2.45, 2.75) is 64.2 Å². The van der Waals surface area contributed by atoms with Gasteiger partial charge in [0.25, 0.3) is 0 Å². The van der Waals surface area contributed by atoms with Gasteiger partial charge < -0.3 is 15.2 Å². The molecule has 1 aliphatic rings. The van der Waals surface area contributed by atoms with Gasteiger partial charge in [-0.1, -0.05) is 6.07 Å². The third-order valence-corrected chi connectivity index (χ3v) is 5.67. The molecular formula is C23H30N4O4. The van der Waals surface area contributed by atoms with Gasteiger partial charge in [-0.2, -0.15) is 0 Å². The number of ether oxygens (including phenoxy) is 1. The molecule has 0 bridgehead atoms. The first kappa shape index (κ1) is 22.7. The van der Waals surface area contributed by atoms with Gasteiger partial charge in [-0.3, -0.25) is 9.59 Å². The fraction of sp³-hybridized carbons (Fsp3) is 0.522. The highest BCUT2D eigenvalue weighted by Gasteiger charge is 2.22. The van der Waals surface area contributed by atoms with Crippen LogP contribution in [-0.4, -0.2) is 45.5 Å². The Balaban J connectivity index is 1.44. The summed E-state index contributed by atoms with van der Waals surface area (Å²) in [7, 11) is 1.45. The van der Waals surface area contributed by atoms with Crippen molar-refractivity contribution in [3.8, 4) is 6.01 Å². The average molecular weight is 427 g/mol. The second-order valence-electron chi connectivity index (χ2n) is 7.97. The largest absolute Gasteiger partial charge is 0.481 e. The van der Waals surface area contributed by atoms with E-state index in [0.717, 1.165) is 50.2 Å². The van der Waals surface area contributed by atoms with Crippen molar-refractivity contribution in [3.63, 3.8) is 0 Å². The van der Waals surface area contributed by atoms with Crippen LogP contribution < -0.4 is 10.1 Å². The number of carboxylic acids is 1. The monoisotopic (exact) mass is 426 g/mol. The number of nitrogens with zero attached hydrogens (tertiary/aromatic N) is 3. The van der Waals surface area contributed by atoms with Crippen molar-refractivity contribution in [2.24, 2.45) is 0 Å². The number of rotatable bonds is 11. The number of methoxy groups -OCH3 is 1. The summed E-state index contributed by atoms with van der Waals surface area (Å²) >= 11 is 0. The minimum Gasteiger partial charge on any atom is -0.481 e. The van der Waals surface area contributed by atoms with Crippen molar-refractivity contribution in [2.75, 3.05) is 19.0 Å². The van der Waals surface area contributed by atoms with Crippen LogP contribution in [0, 0.1) is 6.92 Å². The van der Waals surface area contributed by atoms with Gasteiger partial charge in [-0.25, -0.2) is 15.0 Å².